The standard InChI is InChI=1S/C16H17ClN2OS/c1-10-14(9-18-15(20)11-5-4-6-11)21-16(19-10)12-7-2-3-8-13(12)17/h2-3,7-8,11H,4-6,9H2,1H3,(H,18,20). The Morgan fingerprint density at radius 1 is 1.43 bits per heavy atom. The van der Waals surface area contributed by atoms with Gasteiger partial charge in [-0.15, -0.1) is 11.3 Å². The average molecular weight is 321 g/mol. The molecule has 0 unspecified atom stereocenters. The van der Waals surface area contributed by atoms with Crippen molar-refractivity contribution in [3.63, 3.8) is 0 Å². The van der Waals surface area contributed by atoms with Gasteiger partial charge in [0.05, 0.1) is 17.3 Å². The zero-order valence-corrected chi connectivity index (χ0v) is 13.4. The number of halogens is 1. The third kappa shape index (κ3) is 3.11. The Labute approximate surface area is 133 Å². The predicted octanol–water partition coefficient (Wildman–Crippen LogP) is 4.19. The van der Waals surface area contributed by atoms with Crippen LogP contribution in [0.1, 0.15) is 29.8 Å². The number of rotatable bonds is 4. The van der Waals surface area contributed by atoms with E-state index >= 15 is 0 Å². The van der Waals surface area contributed by atoms with Crippen LogP contribution in [0.2, 0.25) is 5.02 Å². The van der Waals surface area contributed by atoms with Gasteiger partial charge < -0.3 is 5.32 Å². The first-order valence-electron chi connectivity index (χ1n) is 7.14. The Morgan fingerprint density at radius 3 is 2.86 bits per heavy atom. The summed E-state index contributed by atoms with van der Waals surface area (Å²) in [4.78, 5) is 17.6. The largest absolute Gasteiger partial charge is 0.351 e. The lowest BCUT2D eigenvalue weighted by Crippen LogP contribution is -2.33. The second-order valence-corrected chi connectivity index (χ2v) is 6.84. The molecule has 0 aliphatic heterocycles. The fourth-order valence-corrected chi connectivity index (χ4v) is 3.65. The van der Waals surface area contributed by atoms with E-state index in [4.69, 9.17) is 11.6 Å². The molecule has 1 saturated carbocycles. The minimum Gasteiger partial charge on any atom is -0.351 e. The third-order valence-corrected chi connectivity index (χ3v) is 5.42. The van der Waals surface area contributed by atoms with Crippen LogP contribution in [0, 0.1) is 12.8 Å². The minimum absolute atomic E-state index is 0.174. The van der Waals surface area contributed by atoms with Gasteiger partial charge in [0.2, 0.25) is 5.91 Å². The molecule has 0 atom stereocenters. The van der Waals surface area contributed by atoms with Crippen LogP contribution in [0.3, 0.4) is 0 Å². The summed E-state index contributed by atoms with van der Waals surface area (Å²) in [5.74, 6) is 0.398. The summed E-state index contributed by atoms with van der Waals surface area (Å²) in [7, 11) is 0. The molecule has 0 saturated heterocycles. The maximum Gasteiger partial charge on any atom is 0.223 e. The van der Waals surface area contributed by atoms with Crippen molar-refractivity contribution < 1.29 is 4.79 Å². The molecular weight excluding hydrogens is 304 g/mol. The first-order valence-corrected chi connectivity index (χ1v) is 8.33. The average Bonchev–Trinajstić information content (AvgIpc) is 2.76. The zero-order valence-electron chi connectivity index (χ0n) is 11.9. The van der Waals surface area contributed by atoms with E-state index in [9.17, 15) is 4.79 Å². The van der Waals surface area contributed by atoms with Crippen LogP contribution in [0.4, 0.5) is 0 Å². The van der Waals surface area contributed by atoms with Crippen LogP contribution >= 0.6 is 22.9 Å². The fourth-order valence-electron chi connectivity index (χ4n) is 2.32. The third-order valence-electron chi connectivity index (χ3n) is 3.90. The number of hydrogen-bond acceptors (Lipinski definition) is 3. The van der Waals surface area contributed by atoms with Crippen LogP contribution < -0.4 is 5.32 Å². The fraction of sp³-hybridized carbons (Fsp3) is 0.375. The molecule has 0 bridgehead atoms. The van der Waals surface area contributed by atoms with Crippen LogP contribution in [0.5, 0.6) is 0 Å². The highest BCUT2D eigenvalue weighted by molar-refractivity contribution is 7.15. The normalized spacial score (nSPS) is 14.8. The molecular formula is C16H17ClN2OS. The summed E-state index contributed by atoms with van der Waals surface area (Å²) < 4.78 is 0. The van der Waals surface area contributed by atoms with Crippen LogP contribution in [-0.4, -0.2) is 10.9 Å². The van der Waals surface area contributed by atoms with E-state index in [-0.39, 0.29) is 11.8 Å². The quantitative estimate of drug-likeness (QED) is 0.917. The monoisotopic (exact) mass is 320 g/mol. The van der Waals surface area contributed by atoms with Crippen molar-refractivity contribution in [1.82, 2.24) is 10.3 Å². The summed E-state index contributed by atoms with van der Waals surface area (Å²) in [5.41, 5.74) is 1.91. The molecule has 0 spiro atoms. The Morgan fingerprint density at radius 2 is 2.19 bits per heavy atom. The molecule has 1 heterocycles. The molecule has 1 aliphatic rings. The van der Waals surface area contributed by atoms with E-state index in [0.717, 1.165) is 34.0 Å². The van der Waals surface area contributed by atoms with Gasteiger partial charge in [0.15, 0.2) is 0 Å². The van der Waals surface area contributed by atoms with Gasteiger partial charge in [-0.3, -0.25) is 4.79 Å². The molecule has 1 N–H and O–H groups in total. The molecule has 1 aromatic carbocycles. The number of nitrogens with one attached hydrogen (secondary N) is 1. The number of hydrogen-bond donors (Lipinski definition) is 1. The summed E-state index contributed by atoms with van der Waals surface area (Å²) in [6.45, 7) is 2.53. The topological polar surface area (TPSA) is 42.0 Å². The maximum atomic E-state index is 11.9. The number of aromatic nitrogens is 1. The SMILES string of the molecule is Cc1nc(-c2ccccc2Cl)sc1CNC(=O)C1CCC1. The van der Waals surface area contributed by atoms with Crippen molar-refractivity contribution in [3.8, 4) is 10.6 Å². The van der Waals surface area contributed by atoms with Gasteiger partial charge in [-0.2, -0.15) is 0 Å². The smallest absolute Gasteiger partial charge is 0.223 e. The van der Waals surface area contributed by atoms with Gasteiger partial charge in [0.25, 0.3) is 0 Å². The molecule has 3 nitrogen and oxygen atoms in total. The van der Waals surface area contributed by atoms with Gasteiger partial charge in [0.1, 0.15) is 5.01 Å². The Balaban J connectivity index is 1.72. The van der Waals surface area contributed by atoms with Crippen molar-refractivity contribution in [1.29, 1.82) is 0 Å². The van der Waals surface area contributed by atoms with E-state index < -0.39 is 0 Å². The lowest BCUT2D eigenvalue weighted by Gasteiger charge is -2.23. The molecule has 1 amide bonds. The lowest BCUT2D eigenvalue weighted by atomic mass is 9.85. The van der Waals surface area contributed by atoms with Crippen LogP contribution in [-0.2, 0) is 11.3 Å². The highest BCUT2D eigenvalue weighted by Crippen LogP contribution is 2.33. The first-order chi connectivity index (χ1) is 10.1. The molecule has 3 rings (SSSR count). The first kappa shape index (κ1) is 14.5. The molecule has 0 radical (unpaired) electrons. The summed E-state index contributed by atoms with van der Waals surface area (Å²) in [6, 6.07) is 7.70. The van der Waals surface area contributed by atoms with Gasteiger partial charge >= 0.3 is 0 Å². The van der Waals surface area contributed by atoms with E-state index in [1.54, 1.807) is 11.3 Å². The van der Waals surface area contributed by atoms with Crippen molar-refractivity contribution in [3.05, 3.63) is 39.9 Å². The Bertz CT molecular complexity index is 664. The number of amides is 1. The molecule has 110 valence electrons. The number of benzene rings is 1. The van der Waals surface area contributed by atoms with Gasteiger partial charge in [0, 0.05) is 16.4 Å². The molecule has 2 aromatic rings. The number of aryl methyl sites for hydroxylation is 1. The lowest BCUT2D eigenvalue weighted by molar-refractivity contribution is -0.127. The van der Waals surface area contributed by atoms with Crippen molar-refractivity contribution in [2.45, 2.75) is 32.7 Å². The van der Waals surface area contributed by atoms with Crippen molar-refractivity contribution in [2.24, 2.45) is 5.92 Å². The second-order valence-electron chi connectivity index (χ2n) is 5.35. The van der Waals surface area contributed by atoms with Crippen molar-refractivity contribution >= 4 is 28.8 Å². The van der Waals surface area contributed by atoms with E-state index in [0.29, 0.717) is 11.6 Å². The number of thiazole rings is 1. The highest BCUT2D eigenvalue weighted by Gasteiger charge is 2.25. The Hall–Kier alpha value is -1.39. The predicted molar refractivity (Wildman–Crippen MR) is 86.5 cm³/mol. The van der Waals surface area contributed by atoms with Gasteiger partial charge in [-0.25, -0.2) is 4.98 Å². The number of carbonyl (C=O) groups is 1. The van der Waals surface area contributed by atoms with Crippen LogP contribution in [0.25, 0.3) is 10.6 Å². The molecule has 1 fully saturated rings. The number of carbonyl (C=O) groups excluding carboxylic acids is 1. The zero-order chi connectivity index (χ0) is 14.8. The van der Waals surface area contributed by atoms with E-state index in [1.807, 2.05) is 31.2 Å². The van der Waals surface area contributed by atoms with Crippen LogP contribution in [0.15, 0.2) is 24.3 Å². The maximum absolute atomic E-state index is 11.9. The molecule has 1 aliphatic carbocycles. The Kier molecular flexibility index (Phi) is 4.27. The molecule has 21 heavy (non-hydrogen) atoms. The second kappa shape index (κ2) is 6.16. The van der Waals surface area contributed by atoms with Crippen molar-refractivity contribution in [2.75, 3.05) is 0 Å². The van der Waals surface area contributed by atoms with Gasteiger partial charge in [-0.1, -0.05) is 36.2 Å². The molecule has 1 aromatic heterocycles. The molecule has 5 heteroatoms. The summed E-state index contributed by atoms with van der Waals surface area (Å²) >= 11 is 7.81. The summed E-state index contributed by atoms with van der Waals surface area (Å²) in [6.07, 6.45) is 3.23. The summed E-state index contributed by atoms with van der Waals surface area (Å²) in [5, 5.41) is 4.63. The minimum atomic E-state index is 0.174. The van der Waals surface area contributed by atoms with E-state index in [1.165, 1.54) is 6.42 Å². The van der Waals surface area contributed by atoms with Gasteiger partial charge in [-0.05, 0) is 25.8 Å². The highest BCUT2D eigenvalue weighted by atomic mass is 35.5. The van der Waals surface area contributed by atoms with E-state index in [2.05, 4.69) is 10.3 Å². The number of nitrogens with zero attached hydrogens (tertiary/aromatic N) is 1.